The van der Waals surface area contributed by atoms with E-state index in [-0.39, 0.29) is 12.8 Å². The molecule has 0 atom stereocenters. The Bertz CT molecular complexity index is 1150. The number of carbonyl (C=O) groups excluding carboxylic acids is 1. The Balaban J connectivity index is 1.69. The summed E-state index contributed by atoms with van der Waals surface area (Å²) in [7, 11) is -4.16. The molecule has 0 saturated heterocycles. The molecule has 0 aliphatic heterocycles. The molecule has 2 aromatic rings. The van der Waals surface area contributed by atoms with Gasteiger partial charge in [0.2, 0.25) is 0 Å². The number of pyridine rings is 1. The van der Waals surface area contributed by atoms with Crippen molar-refractivity contribution in [3.05, 3.63) is 59.4 Å². The summed E-state index contributed by atoms with van der Waals surface area (Å²) in [5.74, 6) is -1.32. The highest BCUT2D eigenvalue weighted by Crippen LogP contribution is 2.44. The molecular weight excluding hydrogens is 474 g/mol. The van der Waals surface area contributed by atoms with E-state index < -0.39 is 66.5 Å². The van der Waals surface area contributed by atoms with Crippen LogP contribution in [0.3, 0.4) is 0 Å². The fraction of sp³-hybridized carbons (Fsp3) is 0.429. The number of carbonyl (C=O) groups is 1. The number of alkyl halides is 6. The molecule has 0 unspecified atom stereocenters. The van der Waals surface area contributed by atoms with Gasteiger partial charge in [0, 0.05) is 12.2 Å². The van der Waals surface area contributed by atoms with Crippen LogP contribution in [0.1, 0.15) is 48.3 Å². The maximum absolute atomic E-state index is 13.1. The molecule has 0 radical (unpaired) electrons. The van der Waals surface area contributed by atoms with E-state index in [0.29, 0.717) is 12.1 Å². The SMILES string of the molecule is CC(C)(C1CC(NC(=O)c2cc(C(F)(F)F)ccn2)C1)S(=O)(=O)c1cccc(C(F)(F)F)c1. The molecule has 1 aliphatic rings. The van der Waals surface area contributed by atoms with Crippen molar-refractivity contribution in [1.82, 2.24) is 10.3 Å². The predicted octanol–water partition coefficient (Wildman–Crippen LogP) is 4.88. The van der Waals surface area contributed by atoms with Gasteiger partial charge in [-0.05, 0) is 62.9 Å². The van der Waals surface area contributed by atoms with Gasteiger partial charge < -0.3 is 5.32 Å². The first-order valence-corrected chi connectivity index (χ1v) is 11.3. The molecule has 33 heavy (non-hydrogen) atoms. The normalized spacial score (nSPS) is 19.6. The van der Waals surface area contributed by atoms with Gasteiger partial charge in [0.05, 0.1) is 20.8 Å². The smallest absolute Gasteiger partial charge is 0.348 e. The first-order valence-electron chi connectivity index (χ1n) is 9.79. The van der Waals surface area contributed by atoms with Crippen molar-refractivity contribution in [1.29, 1.82) is 0 Å². The van der Waals surface area contributed by atoms with Gasteiger partial charge in [0.15, 0.2) is 9.84 Å². The van der Waals surface area contributed by atoms with Gasteiger partial charge in [-0.15, -0.1) is 0 Å². The number of hydrogen-bond donors (Lipinski definition) is 1. The minimum absolute atomic E-state index is 0.190. The molecule has 0 bridgehead atoms. The molecule has 1 aromatic heterocycles. The highest BCUT2D eigenvalue weighted by molar-refractivity contribution is 7.92. The number of sulfone groups is 1. The molecular formula is C21H20F6N2O3S. The minimum Gasteiger partial charge on any atom is -0.348 e. The topological polar surface area (TPSA) is 76.1 Å². The van der Waals surface area contributed by atoms with E-state index in [2.05, 4.69) is 10.3 Å². The number of rotatable bonds is 5. The number of amides is 1. The Morgan fingerprint density at radius 3 is 2.12 bits per heavy atom. The van der Waals surface area contributed by atoms with Crippen molar-refractivity contribution < 1.29 is 39.6 Å². The van der Waals surface area contributed by atoms with Crippen molar-refractivity contribution in [2.45, 2.75) is 54.7 Å². The second-order valence-electron chi connectivity index (χ2n) is 8.40. The minimum atomic E-state index is -4.70. The van der Waals surface area contributed by atoms with E-state index in [0.717, 1.165) is 30.5 Å². The second kappa shape index (κ2) is 8.30. The number of nitrogens with zero attached hydrogens (tertiary/aromatic N) is 1. The number of halogens is 6. The third-order valence-corrected chi connectivity index (χ3v) is 8.53. The van der Waals surface area contributed by atoms with Crippen molar-refractivity contribution in [2.24, 2.45) is 5.92 Å². The van der Waals surface area contributed by atoms with E-state index in [1.54, 1.807) is 0 Å². The van der Waals surface area contributed by atoms with Gasteiger partial charge in [-0.2, -0.15) is 26.3 Å². The first-order chi connectivity index (χ1) is 15.0. The van der Waals surface area contributed by atoms with E-state index in [4.69, 9.17) is 0 Å². The number of nitrogens with one attached hydrogen (secondary N) is 1. The fourth-order valence-electron chi connectivity index (χ4n) is 3.66. The molecule has 1 fully saturated rings. The van der Waals surface area contributed by atoms with E-state index in [1.807, 2.05) is 0 Å². The van der Waals surface area contributed by atoms with Crippen LogP contribution in [0.2, 0.25) is 0 Å². The molecule has 1 heterocycles. The van der Waals surface area contributed by atoms with E-state index >= 15 is 0 Å². The van der Waals surface area contributed by atoms with Crippen molar-refractivity contribution in [2.75, 3.05) is 0 Å². The number of aromatic nitrogens is 1. The van der Waals surface area contributed by atoms with Gasteiger partial charge >= 0.3 is 12.4 Å². The summed E-state index contributed by atoms with van der Waals surface area (Å²) in [5.41, 5.74) is -2.53. The maximum atomic E-state index is 13.1. The van der Waals surface area contributed by atoms with Crippen LogP contribution in [0, 0.1) is 5.92 Å². The Kier molecular flexibility index (Phi) is 6.29. The highest BCUT2D eigenvalue weighted by atomic mass is 32.2. The van der Waals surface area contributed by atoms with Gasteiger partial charge in [0.1, 0.15) is 5.69 Å². The highest BCUT2D eigenvalue weighted by Gasteiger charge is 2.49. The first kappa shape index (κ1) is 25.0. The number of benzene rings is 1. The summed E-state index contributed by atoms with van der Waals surface area (Å²) in [6.07, 6.45) is -8.09. The molecule has 5 nitrogen and oxygen atoms in total. The lowest BCUT2D eigenvalue weighted by Crippen LogP contribution is -2.53. The zero-order chi connectivity index (χ0) is 24.8. The molecule has 1 amide bonds. The summed E-state index contributed by atoms with van der Waals surface area (Å²) < 4.78 is 102. The van der Waals surface area contributed by atoms with E-state index in [9.17, 15) is 39.6 Å². The van der Waals surface area contributed by atoms with Crippen LogP contribution in [0.25, 0.3) is 0 Å². The van der Waals surface area contributed by atoms with Crippen LogP contribution in [0.5, 0.6) is 0 Å². The summed E-state index contributed by atoms with van der Waals surface area (Å²) >= 11 is 0. The van der Waals surface area contributed by atoms with Crippen molar-refractivity contribution >= 4 is 15.7 Å². The van der Waals surface area contributed by atoms with Crippen LogP contribution in [-0.2, 0) is 22.2 Å². The Morgan fingerprint density at radius 2 is 1.55 bits per heavy atom. The molecule has 1 aromatic carbocycles. The third kappa shape index (κ3) is 4.99. The lowest BCUT2D eigenvalue weighted by Gasteiger charge is -2.44. The van der Waals surface area contributed by atoms with Crippen LogP contribution < -0.4 is 5.32 Å². The Morgan fingerprint density at radius 1 is 0.970 bits per heavy atom. The quantitative estimate of drug-likeness (QED) is 0.602. The second-order valence-corrected chi connectivity index (χ2v) is 10.9. The van der Waals surface area contributed by atoms with Crippen LogP contribution in [-0.4, -0.2) is 30.1 Å². The average Bonchev–Trinajstić information content (AvgIpc) is 2.68. The number of hydrogen-bond acceptors (Lipinski definition) is 4. The van der Waals surface area contributed by atoms with Crippen LogP contribution >= 0.6 is 0 Å². The largest absolute Gasteiger partial charge is 0.416 e. The van der Waals surface area contributed by atoms with Gasteiger partial charge in [-0.3, -0.25) is 9.78 Å². The van der Waals surface area contributed by atoms with Gasteiger partial charge in [-0.25, -0.2) is 8.42 Å². The zero-order valence-corrected chi connectivity index (χ0v) is 18.3. The molecule has 1 saturated carbocycles. The molecule has 0 spiro atoms. The zero-order valence-electron chi connectivity index (χ0n) is 17.5. The van der Waals surface area contributed by atoms with E-state index in [1.165, 1.54) is 13.8 Å². The van der Waals surface area contributed by atoms with Crippen molar-refractivity contribution in [3.8, 4) is 0 Å². The summed E-state index contributed by atoms with van der Waals surface area (Å²) in [6, 6.07) is 4.35. The predicted molar refractivity (Wildman–Crippen MR) is 106 cm³/mol. The summed E-state index contributed by atoms with van der Waals surface area (Å²) in [4.78, 5) is 15.5. The third-order valence-electron chi connectivity index (χ3n) is 5.94. The lowest BCUT2D eigenvalue weighted by molar-refractivity contribution is -0.138. The fourth-order valence-corrected chi connectivity index (χ4v) is 5.44. The van der Waals surface area contributed by atoms with Gasteiger partial charge in [0.25, 0.3) is 5.91 Å². The summed E-state index contributed by atoms with van der Waals surface area (Å²) in [6.45, 7) is 2.80. The standard InChI is InChI=1S/C21H20F6N2O3S/c1-19(2,33(31,32)16-5-3-4-12(10-16)20(22,23)24)14-8-15(9-14)29-18(30)17-11-13(6-7-28-17)21(25,26)27/h3-7,10-11,14-15H,8-9H2,1-2H3,(H,29,30). The van der Waals surface area contributed by atoms with Crippen LogP contribution in [0.4, 0.5) is 26.3 Å². The molecule has 1 N–H and O–H groups in total. The Hall–Kier alpha value is -2.63. The van der Waals surface area contributed by atoms with Gasteiger partial charge in [-0.1, -0.05) is 6.07 Å². The molecule has 1 aliphatic carbocycles. The summed E-state index contributed by atoms with van der Waals surface area (Å²) in [5, 5.41) is 2.52. The monoisotopic (exact) mass is 494 g/mol. The Labute approximate surface area is 186 Å². The van der Waals surface area contributed by atoms with Crippen LogP contribution in [0.15, 0.2) is 47.5 Å². The maximum Gasteiger partial charge on any atom is 0.416 e. The molecule has 180 valence electrons. The molecule has 12 heteroatoms. The van der Waals surface area contributed by atoms with Crippen molar-refractivity contribution in [3.63, 3.8) is 0 Å². The lowest BCUT2D eigenvalue weighted by atomic mass is 9.73. The average molecular weight is 494 g/mol. The molecule has 3 rings (SSSR count).